The molecule has 0 spiro atoms. The Kier molecular flexibility index (Phi) is 9.55. The third-order valence-corrected chi connectivity index (χ3v) is 4.62. The summed E-state index contributed by atoms with van der Waals surface area (Å²) in [5, 5.41) is 8.35. The summed E-state index contributed by atoms with van der Waals surface area (Å²) in [6.07, 6.45) is 0.293. The van der Waals surface area contributed by atoms with Crippen molar-refractivity contribution in [3.8, 4) is 5.75 Å². The zero-order valence-electron chi connectivity index (χ0n) is 18.3. The highest BCUT2D eigenvalue weighted by Gasteiger charge is 2.24. The second-order valence-corrected chi connectivity index (χ2v) is 7.46. The van der Waals surface area contributed by atoms with Crippen molar-refractivity contribution in [3.05, 3.63) is 65.7 Å². The van der Waals surface area contributed by atoms with Crippen LogP contribution in [0, 0.1) is 5.92 Å². The molecule has 0 aliphatic rings. The van der Waals surface area contributed by atoms with E-state index in [-0.39, 0.29) is 30.2 Å². The van der Waals surface area contributed by atoms with Crippen molar-refractivity contribution in [1.82, 2.24) is 16.0 Å². The standard InChI is InChI=1S/C24H31N3O4/c1-4-31-20-12-10-19(11-13-20)23(29)27-22(17(2)3)24(30)26-15-14-25-21(28)16-18-8-6-5-7-9-18/h5-13,17,22H,4,14-16H2,1-3H3,(H,25,28)(H,26,30)(H,27,29). The molecule has 3 amide bonds. The molecule has 1 unspecified atom stereocenters. The molecule has 31 heavy (non-hydrogen) atoms. The fourth-order valence-electron chi connectivity index (χ4n) is 2.97. The third-order valence-electron chi connectivity index (χ3n) is 4.62. The molecule has 3 N–H and O–H groups in total. The fraction of sp³-hybridized carbons (Fsp3) is 0.375. The predicted octanol–water partition coefficient (Wildman–Crippen LogP) is 2.31. The summed E-state index contributed by atoms with van der Waals surface area (Å²) in [5.41, 5.74) is 1.39. The van der Waals surface area contributed by atoms with Gasteiger partial charge in [-0.15, -0.1) is 0 Å². The van der Waals surface area contributed by atoms with Crippen LogP contribution in [0.3, 0.4) is 0 Å². The third kappa shape index (κ3) is 8.12. The Labute approximate surface area is 183 Å². The van der Waals surface area contributed by atoms with Crippen LogP contribution < -0.4 is 20.7 Å². The summed E-state index contributed by atoms with van der Waals surface area (Å²) in [4.78, 5) is 37.1. The average molecular weight is 426 g/mol. The van der Waals surface area contributed by atoms with E-state index in [1.54, 1.807) is 24.3 Å². The Morgan fingerprint density at radius 2 is 1.55 bits per heavy atom. The zero-order valence-corrected chi connectivity index (χ0v) is 18.3. The number of ether oxygens (including phenoxy) is 1. The SMILES string of the molecule is CCOc1ccc(C(=O)NC(C(=O)NCCNC(=O)Cc2ccccc2)C(C)C)cc1. The minimum absolute atomic E-state index is 0.0979. The van der Waals surface area contributed by atoms with Crippen LogP contribution in [0.5, 0.6) is 5.75 Å². The first-order chi connectivity index (χ1) is 14.9. The number of amides is 3. The molecule has 0 aliphatic carbocycles. The van der Waals surface area contributed by atoms with E-state index in [0.29, 0.717) is 30.9 Å². The summed E-state index contributed by atoms with van der Waals surface area (Å²) in [5.74, 6) is -0.129. The Morgan fingerprint density at radius 3 is 2.16 bits per heavy atom. The first-order valence-corrected chi connectivity index (χ1v) is 10.5. The topological polar surface area (TPSA) is 96.5 Å². The number of rotatable bonds is 11. The van der Waals surface area contributed by atoms with Crippen LogP contribution in [0.4, 0.5) is 0 Å². The van der Waals surface area contributed by atoms with Crippen molar-refractivity contribution in [2.45, 2.75) is 33.2 Å². The minimum atomic E-state index is -0.681. The molecule has 0 heterocycles. The quantitative estimate of drug-likeness (QED) is 0.482. The number of hydrogen-bond acceptors (Lipinski definition) is 4. The smallest absolute Gasteiger partial charge is 0.251 e. The molecule has 0 aliphatic heterocycles. The molecular weight excluding hydrogens is 394 g/mol. The molecule has 0 radical (unpaired) electrons. The lowest BCUT2D eigenvalue weighted by Gasteiger charge is -2.22. The molecule has 2 aromatic rings. The van der Waals surface area contributed by atoms with Gasteiger partial charge in [0.15, 0.2) is 0 Å². The molecule has 2 aromatic carbocycles. The van der Waals surface area contributed by atoms with E-state index in [1.165, 1.54) is 0 Å². The highest BCUT2D eigenvalue weighted by atomic mass is 16.5. The van der Waals surface area contributed by atoms with Crippen LogP contribution in [0.1, 0.15) is 36.7 Å². The van der Waals surface area contributed by atoms with Crippen molar-refractivity contribution < 1.29 is 19.1 Å². The summed E-state index contributed by atoms with van der Waals surface area (Å²) in [6.45, 7) is 6.76. The van der Waals surface area contributed by atoms with Gasteiger partial charge in [-0.1, -0.05) is 44.2 Å². The lowest BCUT2D eigenvalue weighted by molar-refractivity contribution is -0.124. The maximum absolute atomic E-state index is 12.6. The van der Waals surface area contributed by atoms with Gasteiger partial charge in [0.1, 0.15) is 11.8 Å². The van der Waals surface area contributed by atoms with Gasteiger partial charge in [0.25, 0.3) is 5.91 Å². The second-order valence-electron chi connectivity index (χ2n) is 7.46. The Morgan fingerprint density at radius 1 is 0.903 bits per heavy atom. The summed E-state index contributed by atoms with van der Waals surface area (Å²) in [7, 11) is 0. The molecule has 0 aromatic heterocycles. The van der Waals surface area contributed by atoms with Gasteiger partial charge >= 0.3 is 0 Å². The molecule has 0 fully saturated rings. The number of hydrogen-bond donors (Lipinski definition) is 3. The van der Waals surface area contributed by atoms with Crippen molar-refractivity contribution in [2.75, 3.05) is 19.7 Å². The Hall–Kier alpha value is -3.35. The van der Waals surface area contributed by atoms with E-state index in [4.69, 9.17) is 4.74 Å². The van der Waals surface area contributed by atoms with Crippen molar-refractivity contribution in [2.24, 2.45) is 5.92 Å². The van der Waals surface area contributed by atoms with E-state index >= 15 is 0 Å². The molecule has 7 heteroatoms. The van der Waals surface area contributed by atoms with Crippen LogP contribution >= 0.6 is 0 Å². The second kappa shape index (κ2) is 12.4. The zero-order chi connectivity index (χ0) is 22.6. The van der Waals surface area contributed by atoms with E-state index in [1.807, 2.05) is 51.1 Å². The number of nitrogens with one attached hydrogen (secondary N) is 3. The van der Waals surface area contributed by atoms with Crippen LogP contribution in [-0.2, 0) is 16.0 Å². The number of carbonyl (C=O) groups is 3. The molecule has 0 saturated carbocycles. The Bertz CT molecular complexity index is 851. The van der Waals surface area contributed by atoms with E-state index in [0.717, 1.165) is 5.56 Å². The number of benzene rings is 2. The lowest BCUT2D eigenvalue weighted by atomic mass is 10.0. The maximum Gasteiger partial charge on any atom is 0.251 e. The van der Waals surface area contributed by atoms with Gasteiger partial charge in [-0.3, -0.25) is 14.4 Å². The molecule has 7 nitrogen and oxygen atoms in total. The van der Waals surface area contributed by atoms with Gasteiger partial charge in [-0.25, -0.2) is 0 Å². The van der Waals surface area contributed by atoms with Gasteiger partial charge in [0.05, 0.1) is 13.0 Å². The van der Waals surface area contributed by atoms with Crippen LogP contribution in [0.25, 0.3) is 0 Å². The van der Waals surface area contributed by atoms with E-state index < -0.39 is 6.04 Å². The molecule has 1 atom stereocenters. The predicted molar refractivity (Wildman–Crippen MR) is 120 cm³/mol. The lowest BCUT2D eigenvalue weighted by Crippen LogP contribution is -2.50. The van der Waals surface area contributed by atoms with Gasteiger partial charge < -0.3 is 20.7 Å². The van der Waals surface area contributed by atoms with E-state index in [9.17, 15) is 14.4 Å². The molecule has 2 rings (SSSR count). The maximum atomic E-state index is 12.6. The van der Waals surface area contributed by atoms with Crippen molar-refractivity contribution >= 4 is 17.7 Å². The fourth-order valence-corrected chi connectivity index (χ4v) is 2.97. The highest BCUT2D eigenvalue weighted by molar-refractivity contribution is 5.97. The van der Waals surface area contributed by atoms with Crippen LogP contribution in [0.15, 0.2) is 54.6 Å². The van der Waals surface area contributed by atoms with Gasteiger partial charge in [-0.05, 0) is 42.7 Å². The largest absolute Gasteiger partial charge is 0.494 e. The summed E-state index contributed by atoms with van der Waals surface area (Å²) < 4.78 is 5.38. The van der Waals surface area contributed by atoms with Gasteiger partial charge in [0.2, 0.25) is 11.8 Å². The molecular formula is C24H31N3O4. The Balaban J connectivity index is 1.79. The van der Waals surface area contributed by atoms with E-state index in [2.05, 4.69) is 16.0 Å². The molecule has 166 valence electrons. The minimum Gasteiger partial charge on any atom is -0.494 e. The summed E-state index contributed by atoms with van der Waals surface area (Å²) >= 11 is 0. The first kappa shape index (κ1) is 23.9. The van der Waals surface area contributed by atoms with Crippen molar-refractivity contribution in [3.63, 3.8) is 0 Å². The highest BCUT2D eigenvalue weighted by Crippen LogP contribution is 2.13. The normalized spacial score (nSPS) is 11.5. The first-order valence-electron chi connectivity index (χ1n) is 10.5. The van der Waals surface area contributed by atoms with Crippen LogP contribution in [-0.4, -0.2) is 43.5 Å². The molecule has 0 saturated heterocycles. The average Bonchev–Trinajstić information content (AvgIpc) is 2.76. The number of carbonyl (C=O) groups excluding carboxylic acids is 3. The molecule has 0 bridgehead atoms. The van der Waals surface area contributed by atoms with Crippen LogP contribution in [0.2, 0.25) is 0 Å². The monoisotopic (exact) mass is 425 g/mol. The van der Waals surface area contributed by atoms with Crippen molar-refractivity contribution in [1.29, 1.82) is 0 Å². The summed E-state index contributed by atoms with van der Waals surface area (Å²) in [6, 6.07) is 15.5. The van der Waals surface area contributed by atoms with Gasteiger partial charge in [-0.2, -0.15) is 0 Å². The van der Waals surface area contributed by atoms with Gasteiger partial charge in [0, 0.05) is 18.7 Å².